The zero-order chi connectivity index (χ0) is 10.4. The van der Waals surface area contributed by atoms with Gasteiger partial charge >= 0.3 is 0 Å². The third-order valence-corrected chi connectivity index (χ3v) is 2.53. The Morgan fingerprint density at radius 1 is 1.71 bits per heavy atom. The number of aliphatic hydroxyl groups excluding tert-OH is 1. The van der Waals surface area contributed by atoms with Gasteiger partial charge in [-0.2, -0.15) is 0 Å². The van der Waals surface area contributed by atoms with Gasteiger partial charge in [-0.3, -0.25) is 4.79 Å². The van der Waals surface area contributed by atoms with Crippen LogP contribution in [0.3, 0.4) is 0 Å². The lowest BCUT2D eigenvalue weighted by molar-refractivity contribution is -0.125. The summed E-state index contributed by atoms with van der Waals surface area (Å²) in [5.41, 5.74) is 0. The van der Waals surface area contributed by atoms with Crippen molar-refractivity contribution in [3.05, 3.63) is 0 Å². The minimum absolute atomic E-state index is 0.123. The summed E-state index contributed by atoms with van der Waals surface area (Å²) in [6, 6.07) is 0. The zero-order valence-electron chi connectivity index (χ0n) is 8.75. The molecule has 82 valence electrons. The number of piperidine rings is 1. The number of hydrogen-bond acceptors (Lipinski definition) is 3. The molecule has 1 amide bonds. The summed E-state index contributed by atoms with van der Waals surface area (Å²) in [6.45, 7) is 4.12. The van der Waals surface area contributed by atoms with E-state index in [9.17, 15) is 4.79 Å². The second kappa shape index (κ2) is 5.98. The van der Waals surface area contributed by atoms with E-state index in [1.54, 1.807) is 6.92 Å². The first-order valence-electron chi connectivity index (χ1n) is 5.36. The van der Waals surface area contributed by atoms with E-state index in [1.165, 1.54) is 0 Å². The molecule has 0 bridgehead atoms. The van der Waals surface area contributed by atoms with Crippen LogP contribution in [0.25, 0.3) is 0 Å². The number of nitrogens with one attached hydrogen (secondary N) is 2. The Morgan fingerprint density at radius 3 is 3.07 bits per heavy atom. The molecule has 0 aromatic rings. The van der Waals surface area contributed by atoms with Crippen LogP contribution in [0.15, 0.2) is 0 Å². The van der Waals surface area contributed by atoms with E-state index in [4.69, 9.17) is 5.11 Å². The van der Waals surface area contributed by atoms with Gasteiger partial charge in [0, 0.05) is 13.1 Å². The van der Waals surface area contributed by atoms with Gasteiger partial charge in [0.15, 0.2) is 0 Å². The SMILES string of the molecule is C[C@H](O)CCNC(=O)[C@H]1CCCNC1. The Morgan fingerprint density at radius 2 is 2.50 bits per heavy atom. The van der Waals surface area contributed by atoms with Crippen LogP contribution in [-0.2, 0) is 4.79 Å². The summed E-state index contributed by atoms with van der Waals surface area (Å²) in [6.07, 6.45) is 2.35. The molecule has 1 rings (SSSR count). The van der Waals surface area contributed by atoms with Crippen LogP contribution < -0.4 is 10.6 Å². The summed E-state index contributed by atoms with van der Waals surface area (Å²) in [7, 11) is 0. The molecule has 2 atom stereocenters. The Kier molecular flexibility index (Phi) is 4.90. The van der Waals surface area contributed by atoms with E-state index in [1.807, 2.05) is 0 Å². The van der Waals surface area contributed by atoms with Crippen molar-refractivity contribution < 1.29 is 9.90 Å². The number of carbonyl (C=O) groups excluding carboxylic acids is 1. The molecule has 14 heavy (non-hydrogen) atoms. The molecule has 1 aliphatic rings. The fourth-order valence-electron chi connectivity index (χ4n) is 1.62. The number of carbonyl (C=O) groups is 1. The van der Waals surface area contributed by atoms with Gasteiger partial charge in [0.1, 0.15) is 0 Å². The van der Waals surface area contributed by atoms with Gasteiger partial charge in [-0.25, -0.2) is 0 Å². The second-order valence-corrected chi connectivity index (χ2v) is 3.97. The standard InChI is InChI=1S/C10H20N2O2/c1-8(13)4-6-12-10(14)9-3-2-5-11-7-9/h8-9,11,13H,2-7H2,1H3,(H,12,14)/t8-,9-/m0/s1. The lowest BCUT2D eigenvalue weighted by atomic mass is 9.99. The lowest BCUT2D eigenvalue weighted by Gasteiger charge is -2.21. The molecule has 1 heterocycles. The largest absolute Gasteiger partial charge is 0.393 e. The highest BCUT2D eigenvalue weighted by molar-refractivity contribution is 5.78. The van der Waals surface area contributed by atoms with E-state index in [0.717, 1.165) is 25.9 Å². The highest BCUT2D eigenvalue weighted by atomic mass is 16.3. The molecule has 0 radical (unpaired) electrons. The van der Waals surface area contributed by atoms with E-state index < -0.39 is 0 Å². The van der Waals surface area contributed by atoms with E-state index in [-0.39, 0.29) is 17.9 Å². The third kappa shape index (κ3) is 4.07. The molecule has 0 aromatic heterocycles. The Balaban J connectivity index is 2.13. The van der Waals surface area contributed by atoms with Crippen LogP contribution in [0.2, 0.25) is 0 Å². The second-order valence-electron chi connectivity index (χ2n) is 3.97. The summed E-state index contributed by atoms with van der Waals surface area (Å²) in [4.78, 5) is 11.5. The Bertz CT molecular complexity index is 177. The minimum Gasteiger partial charge on any atom is -0.393 e. The number of amides is 1. The molecular formula is C10H20N2O2. The molecule has 0 aromatic carbocycles. The summed E-state index contributed by atoms with van der Waals surface area (Å²) >= 11 is 0. The van der Waals surface area contributed by atoms with Crippen LogP contribution >= 0.6 is 0 Å². The first-order valence-corrected chi connectivity index (χ1v) is 5.36. The van der Waals surface area contributed by atoms with Gasteiger partial charge in [-0.1, -0.05) is 0 Å². The number of rotatable bonds is 4. The maximum Gasteiger partial charge on any atom is 0.224 e. The zero-order valence-corrected chi connectivity index (χ0v) is 8.75. The van der Waals surface area contributed by atoms with Crippen molar-refractivity contribution in [3.8, 4) is 0 Å². The number of hydrogen-bond donors (Lipinski definition) is 3. The highest BCUT2D eigenvalue weighted by Crippen LogP contribution is 2.09. The van der Waals surface area contributed by atoms with Crippen molar-refractivity contribution in [2.24, 2.45) is 5.92 Å². The van der Waals surface area contributed by atoms with Crippen molar-refractivity contribution >= 4 is 5.91 Å². The lowest BCUT2D eigenvalue weighted by Crippen LogP contribution is -2.41. The molecule has 1 fully saturated rings. The molecule has 0 unspecified atom stereocenters. The summed E-state index contributed by atoms with van der Waals surface area (Å²) in [5.74, 6) is 0.246. The quantitative estimate of drug-likeness (QED) is 0.592. The highest BCUT2D eigenvalue weighted by Gasteiger charge is 2.20. The molecule has 3 N–H and O–H groups in total. The fourth-order valence-corrected chi connectivity index (χ4v) is 1.62. The van der Waals surface area contributed by atoms with Gasteiger partial charge in [0.05, 0.1) is 12.0 Å². The Labute approximate surface area is 85.1 Å². The predicted octanol–water partition coefficient (Wildman–Crippen LogP) is -0.127. The smallest absolute Gasteiger partial charge is 0.224 e. The normalized spacial score (nSPS) is 24.3. The summed E-state index contributed by atoms with van der Waals surface area (Å²) < 4.78 is 0. The maximum atomic E-state index is 11.5. The fraction of sp³-hybridized carbons (Fsp3) is 0.900. The predicted molar refractivity (Wildman–Crippen MR) is 54.9 cm³/mol. The van der Waals surface area contributed by atoms with Crippen molar-refractivity contribution in [1.82, 2.24) is 10.6 Å². The third-order valence-electron chi connectivity index (χ3n) is 2.53. The van der Waals surface area contributed by atoms with Crippen LogP contribution in [0.4, 0.5) is 0 Å². The van der Waals surface area contributed by atoms with Crippen LogP contribution in [0.5, 0.6) is 0 Å². The average molecular weight is 200 g/mol. The first-order chi connectivity index (χ1) is 6.70. The minimum atomic E-state index is -0.334. The van der Waals surface area contributed by atoms with Crippen molar-refractivity contribution in [2.75, 3.05) is 19.6 Å². The topological polar surface area (TPSA) is 61.4 Å². The Hall–Kier alpha value is -0.610. The van der Waals surface area contributed by atoms with Crippen LogP contribution in [0, 0.1) is 5.92 Å². The molecule has 0 spiro atoms. The van der Waals surface area contributed by atoms with Crippen molar-refractivity contribution in [3.63, 3.8) is 0 Å². The molecule has 1 saturated heterocycles. The van der Waals surface area contributed by atoms with E-state index in [2.05, 4.69) is 10.6 Å². The van der Waals surface area contributed by atoms with Gasteiger partial charge in [-0.05, 0) is 32.7 Å². The van der Waals surface area contributed by atoms with Crippen molar-refractivity contribution in [2.45, 2.75) is 32.3 Å². The molecular weight excluding hydrogens is 180 g/mol. The molecule has 0 saturated carbocycles. The maximum absolute atomic E-state index is 11.5. The van der Waals surface area contributed by atoms with Gasteiger partial charge in [0.25, 0.3) is 0 Å². The summed E-state index contributed by atoms with van der Waals surface area (Å²) in [5, 5.41) is 15.1. The molecule has 1 aliphatic heterocycles. The van der Waals surface area contributed by atoms with E-state index >= 15 is 0 Å². The average Bonchev–Trinajstić information content (AvgIpc) is 2.18. The van der Waals surface area contributed by atoms with Crippen LogP contribution in [-0.4, -0.2) is 36.8 Å². The van der Waals surface area contributed by atoms with Gasteiger partial charge in [0.2, 0.25) is 5.91 Å². The van der Waals surface area contributed by atoms with Crippen LogP contribution in [0.1, 0.15) is 26.2 Å². The molecule has 4 nitrogen and oxygen atoms in total. The number of aliphatic hydroxyl groups is 1. The van der Waals surface area contributed by atoms with Crippen molar-refractivity contribution in [1.29, 1.82) is 0 Å². The monoisotopic (exact) mass is 200 g/mol. The molecule has 4 heteroatoms. The van der Waals surface area contributed by atoms with Gasteiger partial charge < -0.3 is 15.7 Å². The van der Waals surface area contributed by atoms with Gasteiger partial charge in [-0.15, -0.1) is 0 Å². The van der Waals surface area contributed by atoms with E-state index in [0.29, 0.717) is 13.0 Å². The first kappa shape index (κ1) is 11.5. The molecule has 0 aliphatic carbocycles.